The molecule has 3 nitrogen and oxygen atoms in total. The van der Waals surface area contributed by atoms with Crippen molar-refractivity contribution in [3.63, 3.8) is 0 Å². The highest BCUT2D eigenvalue weighted by atomic mass is 35.5. The topological polar surface area (TPSA) is 50.2 Å². The summed E-state index contributed by atoms with van der Waals surface area (Å²) >= 11 is 3.49. The second-order valence-corrected chi connectivity index (χ2v) is 2.99. The summed E-state index contributed by atoms with van der Waals surface area (Å²) in [5.74, 6) is 0. The molecule has 1 N–H and O–H groups in total. The van der Waals surface area contributed by atoms with Gasteiger partial charge in [-0.25, -0.2) is 4.21 Å². The van der Waals surface area contributed by atoms with Gasteiger partial charge >= 0.3 is 0 Å². The van der Waals surface area contributed by atoms with E-state index < -0.39 is 11.1 Å². The Morgan fingerprint density at radius 3 is 2.70 bits per heavy atom. The third-order valence-electron chi connectivity index (χ3n) is 0.881. The van der Waals surface area contributed by atoms with Crippen molar-refractivity contribution in [2.24, 2.45) is 0 Å². The van der Waals surface area contributed by atoms with Crippen molar-refractivity contribution in [1.29, 1.82) is 0 Å². The quantitative estimate of drug-likeness (QED) is 0.659. The molecule has 1 atom stereocenters. The van der Waals surface area contributed by atoms with Gasteiger partial charge in [-0.3, -0.25) is 4.98 Å². The van der Waals surface area contributed by atoms with Gasteiger partial charge in [-0.15, -0.1) is 0 Å². The van der Waals surface area contributed by atoms with Crippen LogP contribution in [0.3, 0.4) is 0 Å². The number of aromatic nitrogens is 1. The molecule has 0 aliphatic rings. The summed E-state index contributed by atoms with van der Waals surface area (Å²) in [7, 11) is 0. The monoisotopic (exact) mass is 177 g/mol. The number of hydrogen-bond donors (Lipinski definition) is 1. The van der Waals surface area contributed by atoms with Crippen molar-refractivity contribution >= 4 is 22.7 Å². The SMILES string of the molecule is O=S(O)c1cncc(Cl)c1. The summed E-state index contributed by atoms with van der Waals surface area (Å²) in [6.45, 7) is 0. The van der Waals surface area contributed by atoms with E-state index in [1.165, 1.54) is 18.5 Å². The van der Waals surface area contributed by atoms with Crippen molar-refractivity contribution in [2.75, 3.05) is 0 Å². The van der Waals surface area contributed by atoms with Gasteiger partial charge in [0.2, 0.25) is 0 Å². The fraction of sp³-hybridized carbons (Fsp3) is 0. The van der Waals surface area contributed by atoms with Gasteiger partial charge in [0.05, 0.1) is 9.92 Å². The molecule has 1 rings (SSSR count). The molecule has 1 aromatic heterocycles. The third kappa shape index (κ3) is 1.76. The number of pyridine rings is 1. The number of hydrogen-bond acceptors (Lipinski definition) is 2. The van der Waals surface area contributed by atoms with E-state index in [0.29, 0.717) is 5.02 Å². The Balaban J connectivity index is 3.07. The van der Waals surface area contributed by atoms with Crippen molar-refractivity contribution in [2.45, 2.75) is 4.90 Å². The average Bonchev–Trinajstić information content (AvgIpc) is 1.88. The molecule has 0 spiro atoms. The van der Waals surface area contributed by atoms with Crippen LogP contribution in [0.5, 0.6) is 0 Å². The molecule has 0 saturated heterocycles. The van der Waals surface area contributed by atoms with Crippen LogP contribution in [0.15, 0.2) is 23.4 Å². The molecule has 0 amide bonds. The van der Waals surface area contributed by atoms with E-state index in [1.807, 2.05) is 0 Å². The maximum absolute atomic E-state index is 10.4. The highest BCUT2D eigenvalue weighted by molar-refractivity contribution is 7.79. The molecule has 0 aromatic carbocycles. The predicted octanol–water partition coefficient (Wildman–Crippen LogP) is 1.32. The molecule has 54 valence electrons. The van der Waals surface area contributed by atoms with E-state index in [9.17, 15) is 4.21 Å². The third-order valence-corrected chi connectivity index (χ3v) is 1.71. The van der Waals surface area contributed by atoms with Gasteiger partial charge in [-0.1, -0.05) is 11.6 Å². The first kappa shape index (κ1) is 7.65. The lowest BCUT2D eigenvalue weighted by Crippen LogP contribution is -1.88. The Labute approximate surface area is 65.3 Å². The predicted molar refractivity (Wildman–Crippen MR) is 38.3 cm³/mol. The van der Waals surface area contributed by atoms with Crippen molar-refractivity contribution in [3.05, 3.63) is 23.5 Å². The molecule has 1 unspecified atom stereocenters. The fourth-order valence-electron chi connectivity index (χ4n) is 0.488. The van der Waals surface area contributed by atoms with Crippen molar-refractivity contribution in [1.82, 2.24) is 4.98 Å². The summed E-state index contributed by atoms with van der Waals surface area (Å²) in [5, 5.41) is 0.361. The van der Waals surface area contributed by atoms with Crippen LogP contribution in [0.25, 0.3) is 0 Å². The number of nitrogens with zero attached hydrogens (tertiary/aromatic N) is 1. The lowest BCUT2D eigenvalue weighted by atomic mass is 10.5. The summed E-state index contributed by atoms with van der Waals surface area (Å²) in [5.41, 5.74) is 0. The van der Waals surface area contributed by atoms with Gasteiger partial charge in [0.15, 0.2) is 11.1 Å². The highest BCUT2D eigenvalue weighted by Crippen LogP contribution is 2.10. The minimum Gasteiger partial charge on any atom is -0.302 e. The van der Waals surface area contributed by atoms with Crippen LogP contribution < -0.4 is 0 Å². The highest BCUT2D eigenvalue weighted by Gasteiger charge is 1.98. The molecule has 0 bridgehead atoms. The first-order valence-corrected chi connectivity index (χ1v) is 3.90. The van der Waals surface area contributed by atoms with Gasteiger partial charge in [-0.2, -0.15) is 0 Å². The van der Waals surface area contributed by atoms with Gasteiger partial charge in [0.1, 0.15) is 0 Å². The van der Waals surface area contributed by atoms with E-state index in [-0.39, 0.29) is 4.90 Å². The average molecular weight is 178 g/mol. The molecular formula is C5H4ClNO2S. The Morgan fingerprint density at radius 2 is 2.30 bits per heavy atom. The van der Waals surface area contributed by atoms with Crippen LogP contribution in [-0.2, 0) is 11.1 Å². The Hall–Kier alpha value is -0.450. The van der Waals surface area contributed by atoms with Gasteiger partial charge < -0.3 is 4.55 Å². The Bertz CT molecular complexity index is 266. The second kappa shape index (κ2) is 3.09. The maximum atomic E-state index is 10.4. The van der Waals surface area contributed by atoms with E-state index in [4.69, 9.17) is 16.2 Å². The van der Waals surface area contributed by atoms with Crippen LogP contribution in [0.4, 0.5) is 0 Å². The second-order valence-electron chi connectivity index (χ2n) is 1.59. The zero-order chi connectivity index (χ0) is 7.56. The normalized spacial score (nSPS) is 13.0. The van der Waals surface area contributed by atoms with Gasteiger partial charge in [0, 0.05) is 12.4 Å². The minimum atomic E-state index is -1.99. The van der Waals surface area contributed by atoms with Crippen molar-refractivity contribution in [3.8, 4) is 0 Å². The van der Waals surface area contributed by atoms with Gasteiger partial charge in [-0.05, 0) is 6.07 Å². The molecule has 1 heterocycles. The number of rotatable bonds is 1. The Morgan fingerprint density at radius 1 is 1.60 bits per heavy atom. The summed E-state index contributed by atoms with van der Waals surface area (Å²) < 4.78 is 18.9. The van der Waals surface area contributed by atoms with Crippen LogP contribution in [-0.4, -0.2) is 13.7 Å². The van der Waals surface area contributed by atoms with Crippen LogP contribution in [0.2, 0.25) is 5.02 Å². The molecule has 10 heavy (non-hydrogen) atoms. The Kier molecular flexibility index (Phi) is 2.37. The minimum absolute atomic E-state index is 0.215. The molecule has 5 heteroatoms. The maximum Gasteiger partial charge on any atom is 0.188 e. The largest absolute Gasteiger partial charge is 0.302 e. The smallest absolute Gasteiger partial charge is 0.188 e. The standard InChI is InChI=1S/C5H4ClNO2S/c6-4-1-5(10(8)9)3-7-2-4/h1-3H,(H,8,9). The molecule has 0 aliphatic heterocycles. The molecule has 0 radical (unpaired) electrons. The lowest BCUT2D eigenvalue weighted by molar-refractivity contribution is 0.564. The number of halogens is 1. The zero-order valence-corrected chi connectivity index (χ0v) is 6.39. The molecule has 1 aromatic rings. The molecule has 0 aliphatic carbocycles. The van der Waals surface area contributed by atoms with Gasteiger partial charge in [0.25, 0.3) is 0 Å². The van der Waals surface area contributed by atoms with Crippen molar-refractivity contribution < 1.29 is 8.76 Å². The summed E-state index contributed by atoms with van der Waals surface area (Å²) in [6, 6.07) is 1.39. The lowest BCUT2D eigenvalue weighted by Gasteiger charge is -1.92. The summed E-state index contributed by atoms with van der Waals surface area (Å²) in [4.78, 5) is 3.84. The first-order valence-electron chi connectivity index (χ1n) is 2.41. The van der Waals surface area contributed by atoms with Crippen LogP contribution in [0, 0.1) is 0 Å². The zero-order valence-electron chi connectivity index (χ0n) is 4.82. The fourth-order valence-corrected chi connectivity index (χ4v) is 1.11. The van der Waals surface area contributed by atoms with E-state index in [1.54, 1.807) is 0 Å². The molecular weight excluding hydrogens is 174 g/mol. The van der Waals surface area contributed by atoms with E-state index in [0.717, 1.165) is 0 Å². The summed E-state index contributed by atoms with van der Waals surface area (Å²) in [6.07, 6.45) is 2.69. The van der Waals surface area contributed by atoms with Crippen LogP contribution >= 0.6 is 11.6 Å². The van der Waals surface area contributed by atoms with Crippen LogP contribution in [0.1, 0.15) is 0 Å². The van der Waals surface area contributed by atoms with E-state index >= 15 is 0 Å². The molecule has 0 saturated carbocycles. The molecule has 0 fully saturated rings. The van der Waals surface area contributed by atoms with E-state index in [2.05, 4.69) is 4.98 Å². The first-order chi connectivity index (χ1) is 4.70.